The second-order valence-corrected chi connectivity index (χ2v) is 7.77. The zero-order valence-corrected chi connectivity index (χ0v) is 18.2. The molecule has 4 aromatic rings. The Labute approximate surface area is 186 Å². The van der Waals surface area contributed by atoms with Gasteiger partial charge in [0.1, 0.15) is 17.4 Å². The number of aliphatic imine (C=N–C) groups is 1. The summed E-state index contributed by atoms with van der Waals surface area (Å²) in [5, 5.41) is 4.82. The van der Waals surface area contributed by atoms with Crippen LogP contribution < -0.4 is 4.74 Å². The molecule has 0 saturated carbocycles. The Balaban J connectivity index is 1.76. The van der Waals surface area contributed by atoms with Crippen LogP contribution in [0.4, 0.5) is 10.2 Å². The number of hydrogen-bond donors (Lipinski definition) is 0. The van der Waals surface area contributed by atoms with Gasteiger partial charge in [0.2, 0.25) is 0 Å². The molecular formula is C26H23FN4O. The SMILES string of the molecule is COc1ccc([C@@H]2c3c(C)nn(-c4ccccc4)c3N=C(c3ccccc3F)N2C)cc1. The predicted molar refractivity (Wildman–Crippen MR) is 123 cm³/mol. The fourth-order valence-electron chi connectivity index (χ4n) is 4.27. The maximum absolute atomic E-state index is 14.8. The number of benzene rings is 3. The number of nitrogens with zero attached hydrogens (tertiary/aromatic N) is 4. The van der Waals surface area contributed by atoms with Crippen LogP contribution in [0.2, 0.25) is 0 Å². The molecule has 5 rings (SSSR count). The van der Waals surface area contributed by atoms with Crippen molar-refractivity contribution in [2.45, 2.75) is 13.0 Å². The molecule has 5 nitrogen and oxygen atoms in total. The van der Waals surface area contributed by atoms with Crippen molar-refractivity contribution in [2.24, 2.45) is 4.99 Å². The van der Waals surface area contributed by atoms with E-state index < -0.39 is 0 Å². The van der Waals surface area contributed by atoms with Crippen molar-refractivity contribution in [3.05, 3.63) is 107 Å². The van der Waals surface area contributed by atoms with Crippen LogP contribution in [0.25, 0.3) is 5.69 Å². The molecule has 0 unspecified atom stereocenters. The number of aryl methyl sites for hydroxylation is 1. The number of ether oxygens (including phenoxy) is 1. The number of fused-ring (bicyclic) bond motifs is 1. The van der Waals surface area contributed by atoms with Crippen LogP contribution in [-0.4, -0.2) is 34.7 Å². The van der Waals surface area contributed by atoms with Gasteiger partial charge in [-0.1, -0.05) is 42.5 Å². The highest BCUT2D eigenvalue weighted by molar-refractivity contribution is 6.02. The third-order valence-corrected chi connectivity index (χ3v) is 5.84. The van der Waals surface area contributed by atoms with Gasteiger partial charge in [-0.15, -0.1) is 0 Å². The van der Waals surface area contributed by atoms with Crippen LogP contribution in [0.5, 0.6) is 5.75 Å². The second kappa shape index (κ2) is 7.96. The van der Waals surface area contributed by atoms with Crippen molar-refractivity contribution >= 4 is 11.7 Å². The minimum atomic E-state index is -0.308. The van der Waals surface area contributed by atoms with E-state index in [-0.39, 0.29) is 11.9 Å². The zero-order valence-electron chi connectivity index (χ0n) is 18.2. The van der Waals surface area contributed by atoms with Crippen LogP contribution in [0.15, 0.2) is 83.9 Å². The lowest BCUT2D eigenvalue weighted by Gasteiger charge is -2.35. The minimum Gasteiger partial charge on any atom is -0.497 e. The number of hydrogen-bond acceptors (Lipinski definition) is 4. The van der Waals surface area contributed by atoms with E-state index in [9.17, 15) is 4.39 Å². The quantitative estimate of drug-likeness (QED) is 0.436. The van der Waals surface area contributed by atoms with E-state index in [1.807, 2.05) is 84.2 Å². The number of aromatic nitrogens is 2. The average Bonchev–Trinajstić information content (AvgIpc) is 3.16. The lowest BCUT2D eigenvalue weighted by Crippen LogP contribution is -2.35. The summed E-state index contributed by atoms with van der Waals surface area (Å²) in [6, 6.07) is 24.4. The molecule has 0 bridgehead atoms. The molecule has 32 heavy (non-hydrogen) atoms. The van der Waals surface area contributed by atoms with E-state index in [1.165, 1.54) is 6.07 Å². The highest BCUT2D eigenvalue weighted by atomic mass is 19.1. The van der Waals surface area contributed by atoms with E-state index in [4.69, 9.17) is 14.8 Å². The standard InChI is InChI=1S/C26H23FN4O/c1-17-23-24(18-13-15-20(32-3)16-14-18)30(2)25(21-11-7-8-12-22(21)27)28-26(23)31(29-17)19-9-5-4-6-10-19/h4-16,24H,1-3H3/t24-/m1/s1. The normalized spacial score (nSPS) is 15.3. The van der Waals surface area contributed by atoms with Crippen LogP contribution in [0.1, 0.15) is 28.4 Å². The van der Waals surface area contributed by atoms with Crippen molar-refractivity contribution < 1.29 is 9.13 Å². The molecule has 6 heteroatoms. The molecule has 0 spiro atoms. The molecule has 0 saturated heterocycles. The summed E-state index contributed by atoms with van der Waals surface area (Å²) in [6.07, 6.45) is 0. The number of methoxy groups -OCH3 is 1. The highest BCUT2D eigenvalue weighted by Gasteiger charge is 2.35. The summed E-state index contributed by atoms with van der Waals surface area (Å²) in [6.45, 7) is 1.99. The first-order valence-electron chi connectivity index (χ1n) is 10.4. The Morgan fingerprint density at radius 1 is 0.906 bits per heavy atom. The molecule has 0 aliphatic carbocycles. The topological polar surface area (TPSA) is 42.6 Å². The predicted octanol–water partition coefficient (Wildman–Crippen LogP) is 5.44. The molecule has 1 aliphatic rings. The molecule has 0 amide bonds. The van der Waals surface area contributed by atoms with E-state index in [0.717, 1.165) is 28.3 Å². The third kappa shape index (κ3) is 3.24. The molecule has 0 N–H and O–H groups in total. The maximum Gasteiger partial charge on any atom is 0.163 e. The zero-order chi connectivity index (χ0) is 22.2. The van der Waals surface area contributed by atoms with Crippen molar-refractivity contribution in [2.75, 3.05) is 14.2 Å². The number of rotatable bonds is 4. The number of halogens is 1. The fraction of sp³-hybridized carbons (Fsp3) is 0.154. The van der Waals surface area contributed by atoms with Gasteiger partial charge in [-0.25, -0.2) is 14.1 Å². The second-order valence-electron chi connectivity index (χ2n) is 7.77. The fourth-order valence-corrected chi connectivity index (χ4v) is 4.27. The Kier molecular flexibility index (Phi) is 4.98. The maximum atomic E-state index is 14.8. The van der Waals surface area contributed by atoms with E-state index in [2.05, 4.69) is 0 Å². The monoisotopic (exact) mass is 426 g/mol. The van der Waals surface area contributed by atoms with E-state index in [1.54, 1.807) is 19.2 Å². The molecule has 3 aromatic carbocycles. The van der Waals surface area contributed by atoms with Gasteiger partial charge < -0.3 is 9.64 Å². The molecule has 1 aromatic heterocycles. The van der Waals surface area contributed by atoms with Crippen molar-refractivity contribution in [1.82, 2.24) is 14.7 Å². The van der Waals surface area contributed by atoms with Gasteiger partial charge >= 0.3 is 0 Å². The lowest BCUT2D eigenvalue weighted by atomic mass is 9.94. The highest BCUT2D eigenvalue weighted by Crippen LogP contribution is 2.42. The molecule has 0 radical (unpaired) electrons. The van der Waals surface area contributed by atoms with Gasteiger partial charge in [0.15, 0.2) is 5.82 Å². The van der Waals surface area contributed by atoms with Gasteiger partial charge in [-0.05, 0) is 48.9 Å². The summed E-state index contributed by atoms with van der Waals surface area (Å²) < 4.78 is 22.0. The van der Waals surface area contributed by atoms with Crippen LogP contribution >= 0.6 is 0 Å². The van der Waals surface area contributed by atoms with Crippen molar-refractivity contribution in [3.8, 4) is 11.4 Å². The Hall–Kier alpha value is -3.93. The largest absolute Gasteiger partial charge is 0.497 e. The van der Waals surface area contributed by atoms with Gasteiger partial charge in [-0.2, -0.15) is 5.10 Å². The van der Waals surface area contributed by atoms with Gasteiger partial charge in [0.25, 0.3) is 0 Å². The van der Waals surface area contributed by atoms with Crippen LogP contribution in [0, 0.1) is 12.7 Å². The van der Waals surface area contributed by atoms with Crippen molar-refractivity contribution in [1.29, 1.82) is 0 Å². The minimum absolute atomic E-state index is 0.180. The summed E-state index contributed by atoms with van der Waals surface area (Å²) >= 11 is 0. The van der Waals surface area contributed by atoms with Crippen LogP contribution in [0.3, 0.4) is 0 Å². The summed E-state index contributed by atoms with van der Waals surface area (Å²) in [7, 11) is 3.60. The lowest BCUT2D eigenvalue weighted by molar-refractivity contribution is 0.408. The molecule has 1 atom stereocenters. The van der Waals surface area contributed by atoms with Gasteiger partial charge in [-0.3, -0.25) is 0 Å². The van der Waals surface area contributed by atoms with Gasteiger partial charge in [0, 0.05) is 12.6 Å². The van der Waals surface area contributed by atoms with Gasteiger partial charge in [0.05, 0.1) is 30.1 Å². The van der Waals surface area contributed by atoms with Crippen LogP contribution in [-0.2, 0) is 0 Å². The smallest absolute Gasteiger partial charge is 0.163 e. The molecule has 2 heterocycles. The first-order chi connectivity index (χ1) is 15.6. The van der Waals surface area contributed by atoms with E-state index in [0.29, 0.717) is 17.2 Å². The third-order valence-electron chi connectivity index (χ3n) is 5.84. The summed E-state index contributed by atoms with van der Waals surface area (Å²) in [5.41, 5.74) is 4.30. The molecule has 160 valence electrons. The molecule has 0 fully saturated rings. The molecule has 1 aliphatic heterocycles. The Morgan fingerprint density at radius 2 is 1.59 bits per heavy atom. The molecular weight excluding hydrogens is 403 g/mol. The Morgan fingerprint density at radius 3 is 2.28 bits per heavy atom. The first-order valence-corrected chi connectivity index (χ1v) is 10.4. The number of amidine groups is 1. The number of para-hydroxylation sites is 1. The van der Waals surface area contributed by atoms with E-state index >= 15 is 0 Å². The van der Waals surface area contributed by atoms with Crippen molar-refractivity contribution in [3.63, 3.8) is 0 Å². The Bertz CT molecular complexity index is 1300. The summed E-state index contributed by atoms with van der Waals surface area (Å²) in [4.78, 5) is 6.96. The average molecular weight is 426 g/mol. The summed E-state index contributed by atoms with van der Waals surface area (Å²) in [5.74, 6) is 1.75. The first kappa shape index (κ1) is 20.0.